The molecular formula is C20H21N5O2. The summed E-state index contributed by atoms with van der Waals surface area (Å²) in [5, 5.41) is 2.87. The first kappa shape index (κ1) is 17.2. The first-order valence-corrected chi connectivity index (χ1v) is 9.01. The van der Waals surface area contributed by atoms with E-state index in [1.807, 2.05) is 25.1 Å². The number of imidazole rings is 1. The number of nitrogens with zero attached hydrogens (tertiary/aromatic N) is 3. The zero-order valence-corrected chi connectivity index (χ0v) is 15.1. The first-order valence-electron chi connectivity index (χ1n) is 9.01. The molecule has 2 amide bonds. The zero-order chi connectivity index (χ0) is 18.9. The van der Waals surface area contributed by atoms with E-state index in [0.717, 1.165) is 23.9 Å². The van der Waals surface area contributed by atoms with E-state index >= 15 is 0 Å². The summed E-state index contributed by atoms with van der Waals surface area (Å²) in [4.78, 5) is 38.9. The van der Waals surface area contributed by atoms with Gasteiger partial charge in [-0.1, -0.05) is 18.2 Å². The number of piperidine rings is 1. The number of fused-ring (bicyclic) bond motifs is 1. The Morgan fingerprint density at radius 1 is 1.22 bits per heavy atom. The van der Waals surface area contributed by atoms with Crippen molar-refractivity contribution in [1.82, 2.24) is 19.9 Å². The molecule has 0 bridgehead atoms. The Bertz CT molecular complexity index is 951. The Morgan fingerprint density at radius 3 is 2.81 bits per heavy atom. The van der Waals surface area contributed by atoms with Crippen LogP contribution in [0.15, 0.2) is 48.8 Å². The number of carbonyl (C=O) groups is 2. The summed E-state index contributed by atoms with van der Waals surface area (Å²) in [5.41, 5.74) is 1.49. The maximum absolute atomic E-state index is 12.9. The number of benzene rings is 1. The smallest absolute Gasteiger partial charge is 0.253 e. The van der Waals surface area contributed by atoms with Crippen LogP contribution in [0.1, 0.15) is 30.1 Å². The molecule has 1 atom stereocenters. The molecule has 4 rings (SSSR count). The Balaban J connectivity index is 1.49. The molecule has 1 aliphatic rings. The highest BCUT2D eigenvalue weighted by molar-refractivity contribution is 5.97. The van der Waals surface area contributed by atoms with Gasteiger partial charge in [-0.3, -0.25) is 19.9 Å². The van der Waals surface area contributed by atoms with Crippen molar-refractivity contribution in [2.75, 3.05) is 18.4 Å². The van der Waals surface area contributed by atoms with Crippen LogP contribution >= 0.6 is 0 Å². The molecule has 2 aromatic heterocycles. The Kier molecular flexibility index (Phi) is 4.35. The van der Waals surface area contributed by atoms with Crippen LogP contribution in [0.25, 0.3) is 11.0 Å². The summed E-state index contributed by atoms with van der Waals surface area (Å²) in [5.74, 6) is 0.222. The maximum atomic E-state index is 12.9. The van der Waals surface area contributed by atoms with Crippen LogP contribution in [0.2, 0.25) is 0 Å². The van der Waals surface area contributed by atoms with E-state index in [-0.39, 0.29) is 11.8 Å². The number of hydrogen-bond acceptors (Lipinski definition) is 4. The fraction of sp³-hybridized carbons (Fsp3) is 0.300. The molecule has 3 aromatic rings. The van der Waals surface area contributed by atoms with Crippen molar-refractivity contribution in [3.63, 3.8) is 0 Å². The van der Waals surface area contributed by atoms with Crippen LogP contribution in [0.4, 0.5) is 5.95 Å². The summed E-state index contributed by atoms with van der Waals surface area (Å²) in [6.45, 7) is 2.94. The third-order valence-corrected chi connectivity index (χ3v) is 5.07. The molecule has 0 radical (unpaired) electrons. The maximum Gasteiger partial charge on any atom is 0.253 e. The summed E-state index contributed by atoms with van der Waals surface area (Å²) >= 11 is 0. The summed E-state index contributed by atoms with van der Waals surface area (Å²) in [7, 11) is 0. The Morgan fingerprint density at radius 2 is 2.04 bits per heavy atom. The molecule has 27 heavy (non-hydrogen) atoms. The molecule has 1 unspecified atom stereocenters. The molecule has 1 saturated heterocycles. The van der Waals surface area contributed by atoms with Gasteiger partial charge in [-0.25, -0.2) is 4.98 Å². The standard InChI is InChI=1S/C20H21N5O2/c1-20(18(27)24-19-22-15-8-10-21-12-16(15)23-19)9-5-11-25(13-20)17(26)14-6-3-2-4-7-14/h2-4,6-8,10,12H,5,9,11,13H2,1H3,(H2,22,23,24,27). The second kappa shape index (κ2) is 6.83. The van der Waals surface area contributed by atoms with Crippen LogP contribution in [0, 0.1) is 5.41 Å². The van der Waals surface area contributed by atoms with Gasteiger partial charge in [0.25, 0.3) is 5.91 Å². The molecule has 0 aliphatic carbocycles. The molecule has 7 nitrogen and oxygen atoms in total. The van der Waals surface area contributed by atoms with E-state index in [0.29, 0.717) is 24.6 Å². The predicted octanol–water partition coefficient (Wildman–Crippen LogP) is 2.84. The number of rotatable bonds is 3. The minimum atomic E-state index is -0.667. The van der Waals surface area contributed by atoms with Crippen LogP contribution in [-0.4, -0.2) is 44.8 Å². The number of nitrogens with one attached hydrogen (secondary N) is 2. The average Bonchev–Trinajstić information content (AvgIpc) is 3.10. The number of carbonyl (C=O) groups excluding carboxylic acids is 2. The highest BCUT2D eigenvalue weighted by atomic mass is 16.2. The minimum absolute atomic E-state index is 0.0378. The van der Waals surface area contributed by atoms with E-state index in [1.165, 1.54) is 0 Å². The fourth-order valence-electron chi connectivity index (χ4n) is 3.54. The van der Waals surface area contributed by atoms with E-state index in [1.54, 1.807) is 35.5 Å². The molecule has 138 valence electrons. The van der Waals surface area contributed by atoms with Crippen LogP contribution in [0.5, 0.6) is 0 Å². The molecule has 2 N–H and O–H groups in total. The van der Waals surface area contributed by atoms with Crippen molar-refractivity contribution >= 4 is 28.8 Å². The van der Waals surface area contributed by atoms with Crippen molar-refractivity contribution in [2.45, 2.75) is 19.8 Å². The predicted molar refractivity (Wildman–Crippen MR) is 102 cm³/mol. The third-order valence-electron chi connectivity index (χ3n) is 5.07. The van der Waals surface area contributed by atoms with Crippen LogP contribution in [0.3, 0.4) is 0 Å². The number of aromatic nitrogens is 3. The number of H-pyrrole nitrogens is 1. The molecule has 3 heterocycles. The number of pyridine rings is 1. The molecule has 1 aromatic carbocycles. The van der Waals surface area contributed by atoms with Gasteiger partial charge in [-0.05, 0) is 38.0 Å². The minimum Gasteiger partial charge on any atom is -0.338 e. The molecule has 1 aliphatic heterocycles. The molecule has 0 saturated carbocycles. The summed E-state index contributed by atoms with van der Waals surface area (Å²) in [6.07, 6.45) is 4.83. The van der Waals surface area contributed by atoms with Gasteiger partial charge >= 0.3 is 0 Å². The molecule has 7 heteroatoms. The van der Waals surface area contributed by atoms with E-state index in [2.05, 4.69) is 20.3 Å². The number of anilines is 1. The Labute approximate surface area is 156 Å². The van der Waals surface area contributed by atoms with Crippen molar-refractivity contribution in [3.05, 3.63) is 54.4 Å². The fourth-order valence-corrected chi connectivity index (χ4v) is 3.54. The number of aromatic amines is 1. The number of likely N-dealkylation sites (tertiary alicyclic amines) is 1. The van der Waals surface area contributed by atoms with Gasteiger partial charge < -0.3 is 9.88 Å². The van der Waals surface area contributed by atoms with Gasteiger partial charge in [-0.15, -0.1) is 0 Å². The highest BCUT2D eigenvalue weighted by Gasteiger charge is 2.39. The van der Waals surface area contributed by atoms with Crippen molar-refractivity contribution < 1.29 is 9.59 Å². The average molecular weight is 363 g/mol. The van der Waals surface area contributed by atoms with Crippen LogP contribution < -0.4 is 5.32 Å². The highest BCUT2D eigenvalue weighted by Crippen LogP contribution is 2.31. The summed E-state index contributed by atoms with van der Waals surface area (Å²) < 4.78 is 0. The second-order valence-electron chi connectivity index (χ2n) is 7.19. The lowest BCUT2D eigenvalue weighted by atomic mass is 9.80. The second-order valence-corrected chi connectivity index (χ2v) is 7.19. The first-order chi connectivity index (χ1) is 13.0. The SMILES string of the molecule is CC1(C(=O)Nc2nc3ccncc3[nH]2)CCCN(C(=O)c2ccccc2)C1. The van der Waals surface area contributed by atoms with E-state index in [4.69, 9.17) is 0 Å². The third kappa shape index (κ3) is 3.40. The van der Waals surface area contributed by atoms with Gasteiger partial charge in [0.1, 0.15) is 0 Å². The van der Waals surface area contributed by atoms with Crippen molar-refractivity contribution in [2.24, 2.45) is 5.41 Å². The summed E-state index contributed by atoms with van der Waals surface area (Å²) in [6, 6.07) is 11.0. The molecule has 1 fully saturated rings. The zero-order valence-electron chi connectivity index (χ0n) is 15.1. The monoisotopic (exact) mass is 363 g/mol. The van der Waals surface area contributed by atoms with Crippen LogP contribution in [-0.2, 0) is 4.79 Å². The van der Waals surface area contributed by atoms with E-state index in [9.17, 15) is 9.59 Å². The lowest BCUT2D eigenvalue weighted by Crippen LogP contribution is -2.50. The van der Waals surface area contributed by atoms with Gasteiger partial charge in [0, 0.05) is 24.8 Å². The van der Waals surface area contributed by atoms with Gasteiger partial charge in [-0.2, -0.15) is 0 Å². The molecule has 0 spiro atoms. The van der Waals surface area contributed by atoms with Crippen molar-refractivity contribution in [3.8, 4) is 0 Å². The lowest BCUT2D eigenvalue weighted by Gasteiger charge is -2.39. The van der Waals surface area contributed by atoms with Gasteiger partial charge in [0.2, 0.25) is 11.9 Å². The van der Waals surface area contributed by atoms with Crippen molar-refractivity contribution in [1.29, 1.82) is 0 Å². The van der Waals surface area contributed by atoms with Gasteiger partial charge in [0.15, 0.2) is 0 Å². The largest absolute Gasteiger partial charge is 0.338 e. The van der Waals surface area contributed by atoms with E-state index < -0.39 is 5.41 Å². The lowest BCUT2D eigenvalue weighted by molar-refractivity contribution is -0.127. The number of hydrogen-bond donors (Lipinski definition) is 2. The van der Waals surface area contributed by atoms with Gasteiger partial charge in [0.05, 0.1) is 22.6 Å². The normalized spacial score (nSPS) is 19.8. The quantitative estimate of drug-likeness (QED) is 0.749. The molecular weight excluding hydrogens is 342 g/mol. The number of amides is 2. The topological polar surface area (TPSA) is 91.0 Å². The Hall–Kier alpha value is -3.22.